The van der Waals surface area contributed by atoms with Crippen LogP contribution in [0, 0.1) is 11.6 Å². The lowest BCUT2D eigenvalue weighted by atomic mass is 9.94. The number of aliphatic imine (C=N–C) groups is 1. The third-order valence-corrected chi connectivity index (χ3v) is 3.93. The second kappa shape index (κ2) is 11.5. The van der Waals surface area contributed by atoms with E-state index in [-0.39, 0.29) is 17.4 Å². The molecule has 0 aliphatic rings. The molecule has 0 aliphatic heterocycles. The van der Waals surface area contributed by atoms with Gasteiger partial charge in [0.1, 0.15) is 11.5 Å². The smallest absolute Gasteiger partial charge is 0.152 e. The van der Waals surface area contributed by atoms with Crippen LogP contribution >= 0.6 is 0 Å². The molecular weight excluding hydrogens is 372 g/mol. The molecule has 1 unspecified atom stereocenters. The molecule has 1 atom stereocenters. The number of pyridine rings is 1. The minimum Gasteiger partial charge on any atom is -0.399 e. The summed E-state index contributed by atoms with van der Waals surface area (Å²) in [6, 6.07) is 0.569. The average Bonchev–Trinajstić information content (AvgIpc) is 2.65. The zero-order valence-corrected chi connectivity index (χ0v) is 16.6. The van der Waals surface area contributed by atoms with Gasteiger partial charge in [0.2, 0.25) is 0 Å². The normalized spacial score (nSPS) is 13.2. The van der Waals surface area contributed by atoms with E-state index < -0.39 is 11.6 Å². The molecule has 1 heterocycles. The zero-order chi connectivity index (χ0) is 22.0. The molecule has 29 heavy (non-hydrogen) atoms. The fourth-order valence-electron chi connectivity index (χ4n) is 2.50. The van der Waals surface area contributed by atoms with Gasteiger partial charge in [-0.2, -0.15) is 0 Å². The van der Waals surface area contributed by atoms with Crippen LogP contribution in [0.1, 0.15) is 19.0 Å². The quantitative estimate of drug-likeness (QED) is 0.390. The molecule has 154 valence electrons. The molecule has 0 radical (unpaired) electrons. The van der Waals surface area contributed by atoms with E-state index in [1.807, 2.05) is 0 Å². The van der Waals surface area contributed by atoms with Gasteiger partial charge in [-0.05, 0) is 37.1 Å². The third kappa shape index (κ3) is 7.31. The van der Waals surface area contributed by atoms with Crippen molar-refractivity contribution in [3.05, 3.63) is 96.3 Å². The molecule has 5 nitrogen and oxygen atoms in total. The van der Waals surface area contributed by atoms with Crippen molar-refractivity contribution in [3.8, 4) is 0 Å². The predicted molar refractivity (Wildman–Crippen MR) is 117 cm³/mol. The first-order valence-electron chi connectivity index (χ1n) is 8.83. The Hall–Kier alpha value is -3.32. The van der Waals surface area contributed by atoms with Crippen LogP contribution in [0.25, 0.3) is 5.57 Å². The Morgan fingerprint density at radius 2 is 2.03 bits per heavy atom. The summed E-state index contributed by atoms with van der Waals surface area (Å²) >= 11 is 0. The molecule has 1 rings (SSSR count). The van der Waals surface area contributed by atoms with Crippen LogP contribution < -0.4 is 16.8 Å². The first kappa shape index (κ1) is 23.7. The van der Waals surface area contributed by atoms with E-state index in [4.69, 9.17) is 11.5 Å². The summed E-state index contributed by atoms with van der Waals surface area (Å²) in [6.45, 7) is 17.0. The van der Waals surface area contributed by atoms with Crippen LogP contribution in [0.5, 0.6) is 0 Å². The Balaban J connectivity index is 3.08. The zero-order valence-electron chi connectivity index (χ0n) is 16.6. The Morgan fingerprint density at radius 3 is 2.59 bits per heavy atom. The van der Waals surface area contributed by atoms with Gasteiger partial charge >= 0.3 is 0 Å². The lowest BCUT2D eigenvalue weighted by Gasteiger charge is -2.14. The Bertz CT molecular complexity index is 881. The van der Waals surface area contributed by atoms with Crippen LogP contribution in [-0.2, 0) is 0 Å². The van der Waals surface area contributed by atoms with Crippen molar-refractivity contribution in [2.45, 2.75) is 19.4 Å². The summed E-state index contributed by atoms with van der Waals surface area (Å²) in [5.41, 5.74) is 13.9. The largest absolute Gasteiger partial charge is 0.399 e. The van der Waals surface area contributed by atoms with Gasteiger partial charge in [-0.25, -0.2) is 8.78 Å². The predicted octanol–water partition coefficient (Wildman–Crippen LogP) is 3.75. The number of nitrogens with two attached hydrogens (primary N) is 2. The molecule has 0 spiro atoms. The number of rotatable bonds is 11. The average molecular weight is 399 g/mol. The number of aromatic nitrogens is 1. The lowest BCUT2D eigenvalue weighted by molar-refractivity contribution is 0.570. The third-order valence-electron chi connectivity index (χ3n) is 3.93. The van der Waals surface area contributed by atoms with Crippen molar-refractivity contribution >= 4 is 12.3 Å². The van der Waals surface area contributed by atoms with Gasteiger partial charge in [0.05, 0.1) is 6.20 Å². The molecule has 7 heteroatoms. The topological polar surface area (TPSA) is 89.3 Å². The van der Waals surface area contributed by atoms with Crippen LogP contribution in [-0.4, -0.2) is 24.3 Å². The fraction of sp³-hybridized carbons (Fsp3) is 0.182. The maximum Gasteiger partial charge on any atom is 0.152 e. The SMILES string of the molecule is C=NC(=C)CC(N)CN/C=C/C=C(/C(=C)/C(=C\C)C(=C)N)c1ncc(F)cc1F. The summed E-state index contributed by atoms with van der Waals surface area (Å²) in [5.74, 6) is -1.58. The highest BCUT2D eigenvalue weighted by Crippen LogP contribution is 2.30. The van der Waals surface area contributed by atoms with Crippen LogP contribution in [0.15, 0.2) is 84.0 Å². The summed E-state index contributed by atoms with van der Waals surface area (Å²) in [7, 11) is 0. The molecule has 1 aromatic heterocycles. The van der Waals surface area contributed by atoms with Crippen LogP contribution in [0.4, 0.5) is 8.78 Å². The van der Waals surface area contributed by atoms with Gasteiger partial charge in [-0.3, -0.25) is 9.98 Å². The highest BCUT2D eigenvalue weighted by molar-refractivity contribution is 5.84. The van der Waals surface area contributed by atoms with E-state index in [1.54, 1.807) is 31.4 Å². The van der Waals surface area contributed by atoms with Crippen molar-refractivity contribution in [1.29, 1.82) is 0 Å². The van der Waals surface area contributed by atoms with Gasteiger partial charge in [-0.1, -0.05) is 31.9 Å². The van der Waals surface area contributed by atoms with E-state index in [0.717, 1.165) is 12.3 Å². The van der Waals surface area contributed by atoms with Crippen molar-refractivity contribution in [3.63, 3.8) is 0 Å². The minimum atomic E-state index is -0.811. The van der Waals surface area contributed by atoms with Crippen molar-refractivity contribution < 1.29 is 8.78 Å². The van der Waals surface area contributed by atoms with E-state index in [9.17, 15) is 8.78 Å². The molecule has 0 amide bonds. The van der Waals surface area contributed by atoms with Gasteiger partial charge in [0.15, 0.2) is 5.82 Å². The van der Waals surface area contributed by atoms with Gasteiger partial charge in [0.25, 0.3) is 0 Å². The van der Waals surface area contributed by atoms with E-state index in [0.29, 0.717) is 35.4 Å². The van der Waals surface area contributed by atoms with Crippen LogP contribution in [0.3, 0.4) is 0 Å². The molecule has 0 saturated carbocycles. The number of halogens is 2. The minimum absolute atomic E-state index is 0.0493. The number of hydrogen-bond acceptors (Lipinski definition) is 5. The van der Waals surface area contributed by atoms with Crippen molar-refractivity contribution in [1.82, 2.24) is 10.3 Å². The second-order valence-electron chi connectivity index (χ2n) is 6.23. The Morgan fingerprint density at radius 1 is 1.34 bits per heavy atom. The summed E-state index contributed by atoms with van der Waals surface area (Å²) in [4.78, 5) is 7.59. The maximum absolute atomic E-state index is 14.3. The monoisotopic (exact) mass is 399 g/mol. The molecule has 0 aliphatic carbocycles. The molecule has 0 bridgehead atoms. The number of nitrogens with zero attached hydrogens (tertiary/aromatic N) is 2. The number of nitrogens with one attached hydrogen (secondary N) is 1. The van der Waals surface area contributed by atoms with E-state index >= 15 is 0 Å². The molecular formula is C22H27F2N5. The highest BCUT2D eigenvalue weighted by Gasteiger charge is 2.16. The lowest BCUT2D eigenvalue weighted by Crippen LogP contribution is -2.31. The first-order chi connectivity index (χ1) is 13.7. The van der Waals surface area contributed by atoms with Crippen molar-refractivity contribution in [2.24, 2.45) is 16.5 Å². The summed E-state index contributed by atoms with van der Waals surface area (Å²) < 4.78 is 27.6. The Labute approximate surface area is 170 Å². The molecule has 0 saturated heterocycles. The highest BCUT2D eigenvalue weighted by atomic mass is 19.1. The molecule has 1 aromatic rings. The van der Waals surface area contributed by atoms with E-state index in [1.165, 1.54) is 0 Å². The van der Waals surface area contributed by atoms with Crippen molar-refractivity contribution in [2.75, 3.05) is 6.54 Å². The van der Waals surface area contributed by atoms with Crippen LogP contribution in [0.2, 0.25) is 0 Å². The molecule has 0 fully saturated rings. The standard InChI is InChI=1S/C22H27F2N5/c1-6-19(16(4)25)15(3)20(22-21(24)11-17(23)12-29-22)8-7-9-28-13-18(26)10-14(2)27-5/h6-9,11-12,18,28H,2-5,10,13,25-26H2,1H3/b9-7+,19-6+,20-8-. The van der Waals surface area contributed by atoms with Gasteiger partial charge in [0, 0.05) is 42.0 Å². The van der Waals surface area contributed by atoms with E-state index in [2.05, 4.69) is 41.7 Å². The fourth-order valence-corrected chi connectivity index (χ4v) is 2.50. The second-order valence-corrected chi connectivity index (χ2v) is 6.23. The summed E-state index contributed by atoms with van der Waals surface area (Å²) in [5, 5.41) is 3.04. The summed E-state index contributed by atoms with van der Waals surface area (Å²) in [6.07, 6.45) is 8.04. The first-order valence-corrected chi connectivity index (χ1v) is 8.83. The molecule has 0 aromatic carbocycles. The Kier molecular flexibility index (Phi) is 9.41. The number of allylic oxidation sites excluding steroid dienone is 5. The number of hydrogen-bond donors (Lipinski definition) is 3. The maximum atomic E-state index is 14.3. The van der Waals surface area contributed by atoms with Gasteiger partial charge in [-0.15, -0.1) is 0 Å². The molecule has 5 N–H and O–H groups in total. The van der Waals surface area contributed by atoms with Gasteiger partial charge < -0.3 is 16.8 Å².